The Morgan fingerprint density at radius 3 is 2.40 bits per heavy atom. The molecule has 1 rings (SSSR count). The van der Waals surface area contributed by atoms with Crippen LogP contribution in [0.2, 0.25) is 0 Å². The van der Waals surface area contributed by atoms with Gasteiger partial charge in [-0.2, -0.15) is 0 Å². The van der Waals surface area contributed by atoms with Gasteiger partial charge in [0, 0.05) is 17.4 Å². The number of allylic oxidation sites excluding steroid dienone is 4. The number of hydrogen-bond acceptors (Lipinski definition) is 1. The molecule has 0 radical (unpaired) electrons. The van der Waals surface area contributed by atoms with Gasteiger partial charge < -0.3 is 0 Å². The largest absolute Gasteiger partial charge is 0.294 e. The summed E-state index contributed by atoms with van der Waals surface area (Å²) in [4.78, 5) is 11.9. The minimum atomic E-state index is 0.0693. The highest BCUT2D eigenvalue weighted by Crippen LogP contribution is 2.34. The Hall–Kier alpha value is -0.850. The Morgan fingerprint density at radius 2 is 1.93 bits per heavy atom. The lowest BCUT2D eigenvalue weighted by molar-refractivity contribution is -0.115. The summed E-state index contributed by atoms with van der Waals surface area (Å²) >= 11 is 0. The molecule has 0 amide bonds. The van der Waals surface area contributed by atoms with Gasteiger partial charge in [-0.1, -0.05) is 45.8 Å². The van der Waals surface area contributed by atoms with Crippen molar-refractivity contribution in [2.45, 2.75) is 53.4 Å². The molecule has 0 atom stereocenters. The van der Waals surface area contributed by atoms with Crippen LogP contribution in [-0.4, -0.2) is 5.78 Å². The zero-order valence-corrected chi connectivity index (χ0v) is 10.4. The molecule has 0 saturated heterocycles. The molecule has 0 aromatic heterocycles. The Balaban J connectivity index is 2.59. The molecule has 0 heterocycles. The lowest BCUT2D eigenvalue weighted by atomic mass is 9.95. The number of rotatable bonds is 5. The molecule has 0 unspecified atom stereocenters. The molecule has 0 aliphatic heterocycles. The molecule has 1 heteroatoms. The SMILES string of the molecule is CCCCCC(=O)C1=CC(C)(C)C=C1C. The summed E-state index contributed by atoms with van der Waals surface area (Å²) < 4.78 is 0. The van der Waals surface area contributed by atoms with Gasteiger partial charge in [-0.3, -0.25) is 4.79 Å². The maximum Gasteiger partial charge on any atom is 0.162 e. The van der Waals surface area contributed by atoms with E-state index in [4.69, 9.17) is 0 Å². The molecule has 0 N–H and O–H groups in total. The quantitative estimate of drug-likeness (QED) is 0.620. The maximum atomic E-state index is 11.9. The maximum absolute atomic E-state index is 11.9. The van der Waals surface area contributed by atoms with Crippen molar-refractivity contribution in [3.8, 4) is 0 Å². The van der Waals surface area contributed by atoms with E-state index in [1.165, 1.54) is 6.42 Å². The van der Waals surface area contributed by atoms with Crippen LogP contribution < -0.4 is 0 Å². The smallest absolute Gasteiger partial charge is 0.162 e. The molecule has 0 fully saturated rings. The van der Waals surface area contributed by atoms with Gasteiger partial charge in [0.2, 0.25) is 0 Å². The van der Waals surface area contributed by atoms with Crippen LogP contribution in [0.1, 0.15) is 53.4 Å². The number of unbranched alkanes of at least 4 members (excludes halogenated alkanes) is 2. The minimum Gasteiger partial charge on any atom is -0.294 e. The molecule has 1 aliphatic carbocycles. The van der Waals surface area contributed by atoms with Crippen molar-refractivity contribution in [3.05, 3.63) is 23.3 Å². The monoisotopic (exact) mass is 206 g/mol. The number of hydrogen-bond donors (Lipinski definition) is 0. The third-order valence-corrected chi connectivity index (χ3v) is 2.84. The summed E-state index contributed by atoms with van der Waals surface area (Å²) in [6, 6.07) is 0. The van der Waals surface area contributed by atoms with Crippen molar-refractivity contribution in [1.82, 2.24) is 0 Å². The van der Waals surface area contributed by atoms with Crippen LogP contribution in [0, 0.1) is 5.41 Å². The van der Waals surface area contributed by atoms with E-state index < -0.39 is 0 Å². The van der Waals surface area contributed by atoms with Crippen LogP contribution in [0.25, 0.3) is 0 Å². The minimum absolute atomic E-state index is 0.0693. The first-order valence-corrected chi connectivity index (χ1v) is 5.92. The standard InChI is InChI=1S/C14H22O/c1-5-6-7-8-13(15)12-10-14(3,4)9-11(12)2/h9-10H,5-8H2,1-4H3. The average molecular weight is 206 g/mol. The van der Waals surface area contributed by atoms with Crippen molar-refractivity contribution in [1.29, 1.82) is 0 Å². The second-order valence-corrected chi connectivity index (χ2v) is 5.09. The van der Waals surface area contributed by atoms with Gasteiger partial charge in [0.1, 0.15) is 0 Å². The van der Waals surface area contributed by atoms with E-state index in [2.05, 4.69) is 32.9 Å². The summed E-state index contributed by atoms with van der Waals surface area (Å²) in [5.74, 6) is 0.322. The fourth-order valence-corrected chi connectivity index (χ4v) is 2.13. The summed E-state index contributed by atoms with van der Waals surface area (Å²) in [7, 11) is 0. The van der Waals surface area contributed by atoms with Crippen molar-refractivity contribution in [2.75, 3.05) is 0 Å². The number of carbonyl (C=O) groups is 1. The van der Waals surface area contributed by atoms with Crippen molar-refractivity contribution in [2.24, 2.45) is 5.41 Å². The molecule has 1 aliphatic rings. The van der Waals surface area contributed by atoms with Gasteiger partial charge in [0.25, 0.3) is 0 Å². The number of Topliss-reactive ketones (excluding diaryl/α,β-unsaturated/α-hetero) is 1. The van der Waals surface area contributed by atoms with E-state index in [-0.39, 0.29) is 5.41 Å². The van der Waals surface area contributed by atoms with Crippen molar-refractivity contribution in [3.63, 3.8) is 0 Å². The van der Waals surface area contributed by atoms with Crippen LogP contribution in [0.4, 0.5) is 0 Å². The number of ketones is 1. The molecule has 0 spiro atoms. The molecular weight excluding hydrogens is 184 g/mol. The second kappa shape index (κ2) is 4.78. The van der Waals surface area contributed by atoms with E-state index in [1.807, 2.05) is 6.92 Å². The molecule has 0 aromatic rings. The molecule has 0 saturated carbocycles. The summed E-state index contributed by atoms with van der Waals surface area (Å²) in [5.41, 5.74) is 2.18. The lowest BCUT2D eigenvalue weighted by Crippen LogP contribution is -2.03. The zero-order chi connectivity index (χ0) is 11.5. The first-order valence-electron chi connectivity index (χ1n) is 5.92. The third kappa shape index (κ3) is 3.33. The third-order valence-electron chi connectivity index (χ3n) is 2.84. The van der Waals surface area contributed by atoms with E-state index in [0.29, 0.717) is 12.2 Å². The van der Waals surface area contributed by atoms with Crippen LogP contribution >= 0.6 is 0 Å². The molecule has 84 valence electrons. The van der Waals surface area contributed by atoms with E-state index in [0.717, 1.165) is 24.0 Å². The summed E-state index contributed by atoms with van der Waals surface area (Å²) in [6.45, 7) is 8.48. The predicted octanol–water partition coefficient (Wildman–Crippen LogP) is 4.05. The number of carbonyl (C=O) groups excluding carboxylic acids is 1. The van der Waals surface area contributed by atoms with Gasteiger partial charge in [-0.05, 0) is 18.9 Å². The highest BCUT2D eigenvalue weighted by Gasteiger charge is 2.24. The Morgan fingerprint density at radius 1 is 1.27 bits per heavy atom. The molecule has 1 nitrogen and oxygen atoms in total. The lowest BCUT2D eigenvalue weighted by Gasteiger charge is -2.09. The van der Waals surface area contributed by atoms with Gasteiger partial charge in [0.15, 0.2) is 5.78 Å². The molecule has 0 aromatic carbocycles. The molecular formula is C14H22O. The average Bonchev–Trinajstić information content (AvgIpc) is 2.40. The Labute approximate surface area is 93.3 Å². The van der Waals surface area contributed by atoms with Gasteiger partial charge in [-0.25, -0.2) is 0 Å². The highest BCUT2D eigenvalue weighted by atomic mass is 16.1. The van der Waals surface area contributed by atoms with Gasteiger partial charge >= 0.3 is 0 Å². The van der Waals surface area contributed by atoms with E-state index in [1.54, 1.807) is 0 Å². The topological polar surface area (TPSA) is 17.1 Å². The van der Waals surface area contributed by atoms with Crippen LogP contribution in [0.15, 0.2) is 23.3 Å². The zero-order valence-electron chi connectivity index (χ0n) is 10.4. The van der Waals surface area contributed by atoms with Gasteiger partial charge in [0.05, 0.1) is 0 Å². The van der Waals surface area contributed by atoms with Crippen LogP contribution in [0.3, 0.4) is 0 Å². The van der Waals surface area contributed by atoms with E-state index in [9.17, 15) is 4.79 Å². The second-order valence-electron chi connectivity index (χ2n) is 5.09. The van der Waals surface area contributed by atoms with Gasteiger partial charge in [-0.15, -0.1) is 0 Å². The highest BCUT2D eigenvalue weighted by molar-refractivity contribution is 6.00. The Kier molecular flexibility index (Phi) is 3.90. The van der Waals surface area contributed by atoms with E-state index >= 15 is 0 Å². The molecule has 15 heavy (non-hydrogen) atoms. The van der Waals surface area contributed by atoms with Crippen molar-refractivity contribution >= 4 is 5.78 Å². The normalized spacial score (nSPS) is 18.7. The summed E-state index contributed by atoms with van der Waals surface area (Å²) in [6.07, 6.45) is 8.36. The Bertz CT molecular complexity index is 305. The first kappa shape index (κ1) is 12.2. The first-order chi connectivity index (χ1) is 6.96. The van der Waals surface area contributed by atoms with Crippen molar-refractivity contribution < 1.29 is 4.79 Å². The fourth-order valence-electron chi connectivity index (χ4n) is 2.13. The predicted molar refractivity (Wildman–Crippen MR) is 64.8 cm³/mol. The fraction of sp³-hybridized carbons (Fsp3) is 0.643. The summed E-state index contributed by atoms with van der Waals surface area (Å²) in [5, 5.41) is 0. The van der Waals surface area contributed by atoms with Crippen LogP contribution in [0.5, 0.6) is 0 Å². The van der Waals surface area contributed by atoms with Crippen LogP contribution in [-0.2, 0) is 4.79 Å². The molecule has 0 bridgehead atoms.